The Morgan fingerprint density at radius 3 is 2.77 bits per heavy atom. The molecule has 2 N–H and O–H groups in total. The molecule has 2 aliphatic carbocycles. The fraction of sp³-hybridized carbons (Fsp3) is 0. The van der Waals surface area contributed by atoms with E-state index in [2.05, 4.69) is 6.07 Å². The smallest absolute Gasteiger partial charge is 0.0991 e. The van der Waals surface area contributed by atoms with Crippen LogP contribution in [0.2, 0.25) is 0 Å². The fourth-order valence-corrected chi connectivity index (χ4v) is 1.38. The third-order valence-electron chi connectivity index (χ3n) is 2.04. The molecule has 0 atom stereocenters. The van der Waals surface area contributed by atoms with Crippen LogP contribution < -0.4 is 5.73 Å². The van der Waals surface area contributed by atoms with Crippen LogP contribution in [0.25, 0.3) is 11.1 Å². The van der Waals surface area contributed by atoms with Gasteiger partial charge in [0.2, 0.25) is 0 Å². The van der Waals surface area contributed by atoms with E-state index < -0.39 is 0 Å². The second-order valence-electron chi connectivity index (χ2n) is 2.89. The standard InChI is InChI=1S/C11H8N2/c12-7-8-2-1-3-10-9(6-8)4-5-11(10)13/h1-6H,13H2. The molecule has 0 heterocycles. The summed E-state index contributed by atoms with van der Waals surface area (Å²) < 4.78 is 0. The van der Waals surface area contributed by atoms with Crippen molar-refractivity contribution in [2.24, 2.45) is 0 Å². The monoisotopic (exact) mass is 168 g/mol. The van der Waals surface area contributed by atoms with Gasteiger partial charge in [0.25, 0.3) is 0 Å². The molecule has 0 aromatic heterocycles. The van der Waals surface area contributed by atoms with E-state index in [-0.39, 0.29) is 0 Å². The summed E-state index contributed by atoms with van der Waals surface area (Å²) in [5, 5.41) is 8.73. The molecule has 2 heteroatoms. The van der Waals surface area contributed by atoms with Crippen molar-refractivity contribution in [3.05, 3.63) is 42.0 Å². The lowest BCUT2D eigenvalue weighted by Gasteiger charge is -1.92. The number of fused-ring (bicyclic) bond motifs is 1. The van der Waals surface area contributed by atoms with E-state index in [1.165, 1.54) is 0 Å². The van der Waals surface area contributed by atoms with Crippen molar-refractivity contribution in [3.63, 3.8) is 0 Å². The molecule has 0 fully saturated rings. The SMILES string of the molecule is N#Cc1cccc2c(N)ccc-2c1. The molecule has 0 saturated heterocycles. The lowest BCUT2D eigenvalue weighted by atomic mass is 10.1. The number of hydrogen-bond donors (Lipinski definition) is 1. The maximum atomic E-state index is 8.73. The van der Waals surface area contributed by atoms with Gasteiger partial charge in [-0.25, -0.2) is 0 Å². The molecule has 2 rings (SSSR count). The van der Waals surface area contributed by atoms with Crippen molar-refractivity contribution in [2.75, 3.05) is 5.73 Å². The molecular weight excluding hydrogens is 160 g/mol. The maximum Gasteiger partial charge on any atom is 0.0991 e. The minimum Gasteiger partial charge on any atom is -0.398 e. The molecule has 0 bridgehead atoms. The second-order valence-corrected chi connectivity index (χ2v) is 2.89. The second kappa shape index (κ2) is 2.80. The normalized spacial score (nSPS) is 9.77. The molecule has 13 heavy (non-hydrogen) atoms. The van der Waals surface area contributed by atoms with Gasteiger partial charge in [-0.15, -0.1) is 0 Å². The summed E-state index contributed by atoms with van der Waals surface area (Å²) in [5.74, 6) is 0. The Morgan fingerprint density at radius 2 is 2.00 bits per heavy atom. The summed E-state index contributed by atoms with van der Waals surface area (Å²) in [4.78, 5) is 0. The number of hydrogen-bond acceptors (Lipinski definition) is 2. The largest absolute Gasteiger partial charge is 0.398 e. The number of rotatable bonds is 0. The van der Waals surface area contributed by atoms with Crippen LogP contribution in [0.5, 0.6) is 0 Å². The summed E-state index contributed by atoms with van der Waals surface area (Å²) in [5.41, 5.74) is 9.17. The molecule has 0 aliphatic heterocycles. The Kier molecular flexibility index (Phi) is 1.64. The first-order valence-electron chi connectivity index (χ1n) is 3.99. The zero-order valence-corrected chi connectivity index (χ0v) is 6.99. The van der Waals surface area contributed by atoms with E-state index in [1.807, 2.05) is 30.3 Å². The van der Waals surface area contributed by atoms with Crippen LogP contribution in [0.15, 0.2) is 36.4 Å². The van der Waals surface area contributed by atoms with Crippen LogP contribution in [0.4, 0.5) is 5.69 Å². The highest BCUT2D eigenvalue weighted by molar-refractivity contribution is 5.80. The Bertz CT molecular complexity index is 454. The Balaban J connectivity index is 2.72. The first-order valence-corrected chi connectivity index (χ1v) is 3.99. The first-order chi connectivity index (χ1) is 6.31. The quantitative estimate of drug-likeness (QED) is 0.655. The minimum atomic E-state index is 0.653. The van der Waals surface area contributed by atoms with Crippen molar-refractivity contribution in [1.29, 1.82) is 5.26 Å². The van der Waals surface area contributed by atoms with Crippen molar-refractivity contribution in [1.82, 2.24) is 0 Å². The van der Waals surface area contributed by atoms with Crippen LogP contribution in [0.3, 0.4) is 0 Å². The molecule has 0 aromatic rings. The zero-order valence-electron chi connectivity index (χ0n) is 6.99. The predicted octanol–water partition coefficient (Wildman–Crippen LogP) is 2.25. The summed E-state index contributed by atoms with van der Waals surface area (Å²) in [6.45, 7) is 0. The highest BCUT2D eigenvalue weighted by Gasteiger charge is 2.04. The van der Waals surface area contributed by atoms with Gasteiger partial charge in [0.15, 0.2) is 0 Å². The molecule has 0 unspecified atom stereocenters. The Hall–Kier alpha value is -2.01. The molecule has 2 aliphatic rings. The van der Waals surface area contributed by atoms with Gasteiger partial charge in [-0.3, -0.25) is 0 Å². The molecule has 62 valence electrons. The van der Waals surface area contributed by atoms with Gasteiger partial charge in [-0.05, 0) is 23.8 Å². The van der Waals surface area contributed by atoms with Gasteiger partial charge < -0.3 is 5.73 Å². The fourth-order valence-electron chi connectivity index (χ4n) is 1.38. The summed E-state index contributed by atoms with van der Waals surface area (Å²) in [6, 6.07) is 13.3. The topological polar surface area (TPSA) is 49.8 Å². The molecular formula is C11H8N2. The van der Waals surface area contributed by atoms with Gasteiger partial charge in [0, 0.05) is 11.3 Å². The lowest BCUT2D eigenvalue weighted by molar-refractivity contribution is 1.50. The molecule has 0 amide bonds. The van der Waals surface area contributed by atoms with Crippen LogP contribution >= 0.6 is 0 Å². The average Bonchev–Trinajstić information content (AvgIpc) is 2.41. The van der Waals surface area contributed by atoms with Crippen molar-refractivity contribution < 1.29 is 0 Å². The Morgan fingerprint density at radius 1 is 1.15 bits per heavy atom. The number of nitriles is 1. The van der Waals surface area contributed by atoms with Gasteiger partial charge in [0.05, 0.1) is 11.6 Å². The Labute approximate surface area is 76.6 Å². The lowest BCUT2D eigenvalue weighted by Crippen LogP contribution is -1.80. The van der Waals surface area contributed by atoms with Crippen molar-refractivity contribution in [2.45, 2.75) is 0 Å². The third-order valence-corrected chi connectivity index (χ3v) is 2.04. The van der Waals surface area contributed by atoms with Crippen LogP contribution in [0.1, 0.15) is 5.56 Å². The highest BCUT2D eigenvalue weighted by atomic mass is 14.6. The number of nitrogen functional groups attached to an aromatic ring is 1. The summed E-state index contributed by atoms with van der Waals surface area (Å²) in [7, 11) is 0. The minimum absolute atomic E-state index is 0.653. The van der Waals surface area contributed by atoms with E-state index in [4.69, 9.17) is 11.0 Å². The summed E-state index contributed by atoms with van der Waals surface area (Å²) >= 11 is 0. The van der Waals surface area contributed by atoms with Crippen LogP contribution in [-0.2, 0) is 0 Å². The van der Waals surface area contributed by atoms with E-state index in [9.17, 15) is 0 Å². The van der Waals surface area contributed by atoms with E-state index >= 15 is 0 Å². The van der Waals surface area contributed by atoms with E-state index in [0.29, 0.717) is 5.56 Å². The zero-order chi connectivity index (χ0) is 9.26. The van der Waals surface area contributed by atoms with Gasteiger partial charge in [-0.2, -0.15) is 5.26 Å². The molecule has 0 radical (unpaired) electrons. The van der Waals surface area contributed by atoms with Crippen LogP contribution in [-0.4, -0.2) is 0 Å². The molecule has 2 nitrogen and oxygen atoms in total. The average molecular weight is 168 g/mol. The van der Waals surface area contributed by atoms with Crippen molar-refractivity contribution in [3.8, 4) is 17.2 Å². The summed E-state index contributed by atoms with van der Waals surface area (Å²) in [6.07, 6.45) is 0. The van der Waals surface area contributed by atoms with E-state index in [1.54, 1.807) is 6.07 Å². The maximum absolute atomic E-state index is 8.73. The predicted molar refractivity (Wildman–Crippen MR) is 52.2 cm³/mol. The van der Waals surface area contributed by atoms with Gasteiger partial charge >= 0.3 is 0 Å². The number of nitrogens with two attached hydrogens (primary N) is 1. The molecule has 0 spiro atoms. The first kappa shape index (κ1) is 7.63. The van der Waals surface area contributed by atoms with E-state index in [0.717, 1.165) is 16.8 Å². The highest BCUT2D eigenvalue weighted by Crippen LogP contribution is 2.29. The number of anilines is 1. The molecule has 0 saturated carbocycles. The molecule has 0 aromatic carbocycles. The van der Waals surface area contributed by atoms with Crippen LogP contribution in [0, 0.1) is 11.3 Å². The van der Waals surface area contributed by atoms with Crippen molar-refractivity contribution >= 4 is 5.69 Å². The van der Waals surface area contributed by atoms with Gasteiger partial charge in [0.1, 0.15) is 0 Å². The third kappa shape index (κ3) is 1.21. The number of nitrogens with zero attached hydrogens (tertiary/aromatic N) is 1. The van der Waals surface area contributed by atoms with Gasteiger partial charge in [-0.1, -0.05) is 18.2 Å².